The van der Waals surface area contributed by atoms with Gasteiger partial charge in [-0.15, -0.1) is 0 Å². The molecule has 0 fully saturated rings. The molecule has 2 N–H and O–H groups in total. The van der Waals surface area contributed by atoms with Gasteiger partial charge in [0, 0.05) is 16.8 Å². The third kappa shape index (κ3) is 2.87. The van der Waals surface area contributed by atoms with Gasteiger partial charge in [-0.25, -0.2) is 4.98 Å². The predicted octanol–water partition coefficient (Wildman–Crippen LogP) is 3.82. The largest absolute Gasteiger partial charge is 0.484 e. The highest BCUT2D eigenvalue weighted by atomic mass is 32.1. The summed E-state index contributed by atoms with van der Waals surface area (Å²) < 4.78 is 10.8. The lowest BCUT2D eigenvalue weighted by Crippen LogP contribution is -2.13. The Bertz CT molecular complexity index is 1240. The molecule has 8 heteroatoms. The number of aromatic nitrogens is 2. The van der Waals surface area contributed by atoms with E-state index in [1.54, 1.807) is 30.3 Å². The van der Waals surface area contributed by atoms with E-state index in [1.807, 2.05) is 6.07 Å². The number of carbonyl (C=O) groups is 1. The fourth-order valence-electron chi connectivity index (χ4n) is 3.28. The smallest absolute Gasteiger partial charge is 0.291 e. The van der Waals surface area contributed by atoms with Gasteiger partial charge in [-0.3, -0.25) is 9.59 Å². The first kappa shape index (κ1) is 16.8. The lowest BCUT2D eigenvalue weighted by atomic mass is 10.1. The van der Waals surface area contributed by atoms with E-state index in [1.165, 1.54) is 17.6 Å². The molecule has 4 heterocycles. The molecule has 0 saturated heterocycles. The van der Waals surface area contributed by atoms with E-state index in [4.69, 9.17) is 9.15 Å². The summed E-state index contributed by atoms with van der Waals surface area (Å²) in [6.45, 7) is 0.669. The van der Waals surface area contributed by atoms with Gasteiger partial charge in [-0.05, 0) is 37.1 Å². The van der Waals surface area contributed by atoms with Crippen molar-refractivity contribution in [3.63, 3.8) is 0 Å². The zero-order chi connectivity index (χ0) is 19.1. The number of rotatable bonds is 3. The number of benzene rings is 1. The summed E-state index contributed by atoms with van der Waals surface area (Å²) in [5, 5.41) is 4.18. The Kier molecular flexibility index (Phi) is 3.98. The fourth-order valence-corrected chi connectivity index (χ4v) is 4.38. The van der Waals surface area contributed by atoms with Gasteiger partial charge < -0.3 is 19.5 Å². The summed E-state index contributed by atoms with van der Waals surface area (Å²) in [7, 11) is 0. The number of aryl methyl sites for hydroxylation is 1. The molecule has 0 unspecified atom stereocenters. The van der Waals surface area contributed by atoms with Gasteiger partial charge in [0.2, 0.25) is 0 Å². The van der Waals surface area contributed by atoms with Crippen LogP contribution in [0.3, 0.4) is 0 Å². The molecule has 0 spiro atoms. The normalized spacial score (nSPS) is 13.1. The van der Waals surface area contributed by atoms with Crippen molar-refractivity contribution in [3.8, 4) is 16.5 Å². The van der Waals surface area contributed by atoms with E-state index in [-0.39, 0.29) is 17.2 Å². The van der Waals surface area contributed by atoms with E-state index in [2.05, 4.69) is 15.3 Å². The van der Waals surface area contributed by atoms with Crippen molar-refractivity contribution in [2.24, 2.45) is 0 Å². The average Bonchev–Trinajstić information content (AvgIpc) is 3.36. The Balaban J connectivity index is 1.52. The number of aromatic amines is 1. The average molecular weight is 393 g/mol. The summed E-state index contributed by atoms with van der Waals surface area (Å²) in [4.78, 5) is 33.0. The van der Waals surface area contributed by atoms with Crippen LogP contribution < -0.4 is 15.6 Å². The topological polar surface area (TPSA) is 97.2 Å². The van der Waals surface area contributed by atoms with Crippen molar-refractivity contribution in [2.45, 2.75) is 12.8 Å². The molecule has 0 radical (unpaired) electrons. The Morgan fingerprint density at radius 2 is 2.18 bits per heavy atom. The predicted molar refractivity (Wildman–Crippen MR) is 106 cm³/mol. The van der Waals surface area contributed by atoms with Crippen LogP contribution in [-0.4, -0.2) is 22.5 Å². The minimum absolute atomic E-state index is 0.173. The molecule has 0 saturated carbocycles. The third-order valence-electron chi connectivity index (χ3n) is 4.57. The highest BCUT2D eigenvalue weighted by Gasteiger charge is 2.21. The second-order valence-corrected chi connectivity index (χ2v) is 7.39. The molecule has 1 aromatic carbocycles. The van der Waals surface area contributed by atoms with Crippen molar-refractivity contribution < 1.29 is 13.9 Å². The zero-order valence-corrected chi connectivity index (χ0v) is 15.5. The molecule has 7 nitrogen and oxygen atoms in total. The SMILES string of the molecule is O=C(Nc1cccc(-c2nc3sc4c(c3c(=O)[nH]2)CCCO4)c1)c1ccco1. The summed E-state index contributed by atoms with van der Waals surface area (Å²) in [5.41, 5.74) is 2.05. The molecule has 4 aromatic rings. The Morgan fingerprint density at radius 3 is 3.04 bits per heavy atom. The van der Waals surface area contributed by atoms with E-state index < -0.39 is 0 Å². The van der Waals surface area contributed by atoms with Gasteiger partial charge in [0.15, 0.2) is 10.8 Å². The maximum absolute atomic E-state index is 12.7. The summed E-state index contributed by atoms with van der Waals surface area (Å²) in [6.07, 6.45) is 3.17. The molecule has 3 aromatic heterocycles. The number of fused-ring (bicyclic) bond motifs is 3. The highest BCUT2D eigenvalue weighted by Crippen LogP contribution is 2.38. The molecule has 1 aliphatic heterocycles. The lowest BCUT2D eigenvalue weighted by Gasteiger charge is -2.11. The van der Waals surface area contributed by atoms with Crippen molar-refractivity contribution in [3.05, 3.63) is 64.3 Å². The van der Waals surface area contributed by atoms with Crippen molar-refractivity contribution in [1.82, 2.24) is 9.97 Å². The second-order valence-electron chi connectivity index (χ2n) is 6.43. The Hall–Kier alpha value is -3.39. The van der Waals surface area contributed by atoms with Gasteiger partial charge in [0.1, 0.15) is 10.7 Å². The molecular formula is C20H15N3O4S. The molecule has 0 bridgehead atoms. The fraction of sp³-hybridized carbons (Fsp3) is 0.150. The molecule has 0 aliphatic carbocycles. The van der Waals surface area contributed by atoms with Crippen LogP contribution in [0.2, 0.25) is 0 Å². The molecule has 28 heavy (non-hydrogen) atoms. The number of ether oxygens (including phenoxy) is 1. The van der Waals surface area contributed by atoms with E-state index in [9.17, 15) is 9.59 Å². The molecule has 140 valence electrons. The van der Waals surface area contributed by atoms with Crippen LogP contribution >= 0.6 is 11.3 Å². The minimum atomic E-state index is -0.345. The second kappa shape index (κ2) is 6.65. The summed E-state index contributed by atoms with van der Waals surface area (Å²) in [5.74, 6) is 0.329. The van der Waals surface area contributed by atoms with Crippen LogP contribution in [0.1, 0.15) is 22.5 Å². The quantitative estimate of drug-likeness (QED) is 0.551. The molecular weight excluding hydrogens is 378 g/mol. The number of carbonyl (C=O) groups excluding carboxylic acids is 1. The Morgan fingerprint density at radius 1 is 1.25 bits per heavy atom. The number of H-pyrrole nitrogens is 1. The standard InChI is InChI=1S/C20H15N3O4S/c24-17(14-7-3-8-26-14)21-12-5-1-4-11(10-12)16-22-18(25)15-13-6-2-9-27-20(13)28-19(15)23-16/h1,3-5,7-8,10H,2,6,9H2,(H,21,24)(H,22,23,25). The lowest BCUT2D eigenvalue weighted by molar-refractivity contribution is 0.0996. The first-order valence-electron chi connectivity index (χ1n) is 8.83. The monoisotopic (exact) mass is 393 g/mol. The summed E-state index contributed by atoms with van der Waals surface area (Å²) in [6, 6.07) is 10.4. The minimum Gasteiger partial charge on any atom is -0.484 e. The maximum atomic E-state index is 12.7. The van der Waals surface area contributed by atoms with E-state index in [0.29, 0.717) is 33.9 Å². The van der Waals surface area contributed by atoms with Crippen LogP contribution in [0.25, 0.3) is 21.6 Å². The number of furan rings is 1. The van der Waals surface area contributed by atoms with Crippen LogP contribution in [-0.2, 0) is 6.42 Å². The van der Waals surface area contributed by atoms with E-state index in [0.717, 1.165) is 23.5 Å². The summed E-state index contributed by atoms with van der Waals surface area (Å²) >= 11 is 1.40. The zero-order valence-electron chi connectivity index (χ0n) is 14.7. The van der Waals surface area contributed by atoms with Gasteiger partial charge in [-0.2, -0.15) is 0 Å². The van der Waals surface area contributed by atoms with Crippen molar-refractivity contribution in [1.29, 1.82) is 0 Å². The van der Waals surface area contributed by atoms with Crippen molar-refractivity contribution in [2.75, 3.05) is 11.9 Å². The molecule has 1 aliphatic rings. The molecule has 5 rings (SSSR count). The number of hydrogen-bond acceptors (Lipinski definition) is 6. The van der Waals surface area contributed by atoms with Gasteiger partial charge >= 0.3 is 0 Å². The number of nitrogens with zero attached hydrogens (tertiary/aromatic N) is 1. The third-order valence-corrected chi connectivity index (χ3v) is 5.61. The number of anilines is 1. The number of thiophene rings is 1. The Labute approximate surface area is 163 Å². The van der Waals surface area contributed by atoms with Crippen LogP contribution in [0, 0.1) is 0 Å². The molecule has 1 amide bonds. The molecule has 0 atom stereocenters. The van der Waals surface area contributed by atoms with E-state index >= 15 is 0 Å². The van der Waals surface area contributed by atoms with Gasteiger partial charge in [0.25, 0.3) is 11.5 Å². The first-order valence-corrected chi connectivity index (χ1v) is 9.64. The van der Waals surface area contributed by atoms with Gasteiger partial charge in [-0.1, -0.05) is 23.5 Å². The van der Waals surface area contributed by atoms with Gasteiger partial charge in [0.05, 0.1) is 18.3 Å². The number of amides is 1. The first-order chi connectivity index (χ1) is 13.7. The van der Waals surface area contributed by atoms with Crippen LogP contribution in [0.5, 0.6) is 5.06 Å². The number of hydrogen-bond donors (Lipinski definition) is 2. The van der Waals surface area contributed by atoms with Crippen molar-refractivity contribution >= 4 is 33.1 Å². The number of nitrogens with one attached hydrogen (secondary N) is 2. The maximum Gasteiger partial charge on any atom is 0.291 e. The van der Waals surface area contributed by atoms with Crippen LogP contribution in [0.15, 0.2) is 51.9 Å². The van der Waals surface area contributed by atoms with Crippen LogP contribution in [0.4, 0.5) is 5.69 Å². The highest BCUT2D eigenvalue weighted by molar-refractivity contribution is 7.20.